The summed E-state index contributed by atoms with van der Waals surface area (Å²) in [6, 6.07) is 8.13. The van der Waals surface area contributed by atoms with Crippen LogP contribution in [-0.4, -0.2) is 62.0 Å². The van der Waals surface area contributed by atoms with E-state index in [1.54, 1.807) is 7.11 Å². The van der Waals surface area contributed by atoms with Gasteiger partial charge >= 0.3 is 0 Å². The van der Waals surface area contributed by atoms with Gasteiger partial charge in [-0.1, -0.05) is 43.4 Å². The van der Waals surface area contributed by atoms with Gasteiger partial charge in [-0.15, -0.1) is 0 Å². The summed E-state index contributed by atoms with van der Waals surface area (Å²) in [5, 5.41) is 3.01. The highest BCUT2D eigenvalue weighted by molar-refractivity contribution is 7.81. The Kier molecular flexibility index (Phi) is 6.63. The number of hydrogen-bond donors (Lipinski definition) is 1. The van der Waals surface area contributed by atoms with Gasteiger partial charge in [0.25, 0.3) is 5.91 Å². The average molecular weight is 386 g/mol. The van der Waals surface area contributed by atoms with Gasteiger partial charge in [-0.2, -0.15) is 0 Å². The van der Waals surface area contributed by atoms with Gasteiger partial charge in [0, 0.05) is 50.1 Å². The molecule has 1 amide bonds. The summed E-state index contributed by atoms with van der Waals surface area (Å²) in [5.41, 5.74) is 1.77. The maximum absolute atomic E-state index is 12.4. The molecule has 1 saturated heterocycles. The van der Waals surface area contributed by atoms with Gasteiger partial charge in [-0.3, -0.25) is 9.69 Å². The molecular formula is C21H27N3O2S. The van der Waals surface area contributed by atoms with Crippen molar-refractivity contribution in [2.24, 2.45) is 5.92 Å². The van der Waals surface area contributed by atoms with Gasteiger partial charge in [-0.05, 0) is 18.2 Å². The number of nitrogens with one attached hydrogen (secondary N) is 1. The fourth-order valence-corrected chi connectivity index (χ4v) is 3.69. The van der Waals surface area contributed by atoms with Crippen LogP contribution in [0.5, 0.6) is 5.75 Å². The van der Waals surface area contributed by atoms with Crippen molar-refractivity contribution in [1.82, 2.24) is 10.2 Å². The Labute approximate surface area is 166 Å². The monoisotopic (exact) mass is 385 g/mol. The van der Waals surface area contributed by atoms with Crippen molar-refractivity contribution >= 4 is 28.7 Å². The zero-order valence-corrected chi connectivity index (χ0v) is 16.8. The van der Waals surface area contributed by atoms with Crippen LogP contribution in [0.1, 0.15) is 6.92 Å². The number of amides is 1. The molecule has 3 rings (SSSR count). The largest absolute Gasteiger partial charge is 0.495 e. The van der Waals surface area contributed by atoms with E-state index in [1.807, 2.05) is 43.4 Å². The number of rotatable bonds is 6. The topological polar surface area (TPSA) is 44.8 Å². The first-order valence-corrected chi connectivity index (χ1v) is 9.82. The smallest absolute Gasteiger partial charge is 0.252 e. The van der Waals surface area contributed by atoms with E-state index >= 15 is 0 Å². The van der Waals surface area contributed by atoms with Crippen LogP contribution in [0.2, 0.25) is 0 Å². The van der Waals surface area contributed by atoms with Gasteiger partial charge < -0.3 is 15.0 Å². The summed E-state index contributed by atoms with van der Waals surface area (Å²) in [5.74, 6) is 0.996. The number of allylic oxidation sites excluding steroid dienone is 3. The number of hydrogen-bond acceptors (Lipinski definition) is 5. The fourth-order valence-electron chi connectivity index (χ4n) is 3.45. The van der Waals surface area contributed by atoms with Gasteiger partial charge in [0.05, 0.1) is 18.4 Å². The van der Waals surface area contributed by atoms with Crippen LogP contribution in [0.15, 0.2) is 48.1 Å². The van der Waals surface area contributed by atoms with Crippen molar-refractivity contribution in [3.05, 3.63) is 48.1 Å². The third-order valence-corrected chi connectivity index (χ3v) is 5.69. The molecule has 1 aromatic carbocycles. The summed E-state index contributed by atoms with van der Waals surface area (Å²) in [7, 11) is 1.71. The SMILES string of the molecule is COc1ccccc1N1CCN(CCNC(=O)C2=CC=CC(C)C2=S)CC1. The van der Waals surface area contributed by atoms with Gasteiger partial charge in [0.2, 0.25) is 0 Å². The first-order valence-electron chi connectivity index (χ1n) is 9.41. The summed E-state index contributed by atoms with van der Waals surface area (Å²) < 4.78 is 5.47. The van der Waals surface area contributed by atoms with Crippen LogP contribution in [-0.2, 0) is 4.79 Å². The average Bonchev–Trinajstić information content (AvgIpc) is 2.70. The van der Waals surface area contributed by atoms with Crippen LogP contribution in [0.4, 0.5) is 5.69 Å². The molecule has 27 heavy (non-hydrogen) atoms. The summed E-state index contributed by atoms with van der Waals surface area (Å²) >= 11 is 5.37. The van der Waals surface area contributed by atoms with Crippen molar-refractivity contribution in [2.45, 2.75) is 6.92 Å². The van der Waals surface area contributed by atoms with E-state index in [0.717, 1.165) is 49.0 Å². The minimum absolute atomic E-state index is 0.0659. The quantitative estimate of drug-likeness (QED) is 0.762. The molecule has 0 bridgehead atoms. The van der Waals surface area contributed by atoms with Crippen LogP contribution < -0.4 is 15.0 Å². The maximum Gasteiger partial charge on any atom is 0.252 e. The Balaban J connectivity index is 1.44. The molecule has 1 aromatic rings. The molecule has 144 valence electrons. The predicted molar refractivity (Wildman–Crippen MR) is 114 cm³/mol. The zero-order valence-electron chi connectivity index (χ0n) is 16.0. The first kappa shape index (κ1) is 19.6. The van der Waals surface area contributed by atoms with E-state index in [0.29, 0.717) is 12.1 Å². The second-order valence-electron chi connectivity index (χ2n) is 6.87. The highest BCUT2D eigenvalue weighted by Gasteiger charge is 2.21. The summed E-state index contributed by atoms with van der Waals surface area (Å²) in [4.78, 5) is 17.8. The number of ether oxygens (including phenoxy) is 1. The van der Waals surface area contributed by atoms with Gasteiger partial charge in [0.1, 0.15) is 5.75 Å². The highest BCUT2D eigenvalue weighted by atomic mass is 32.1. The first-order chi connectivity index (χ1) is 13.1. The Bertz CT molecular complexity index is 752. The number of carbonyl (C=O) groups is 1. The Morgan fingerprint density at radius 2 is 2.00 bits per heavy atom. The van der Waals surface area contributed by atoms with Crippen molar-refractivity contribution in [1.29, 1.82) is 0 Å². The molecule has 0 saturated carbocycles. The summed E-state index contributed by atoms with van der Waals surface area (Å²) in [6.07, 6.45) is 5.73. The Morgan fingerprint density at radius 1 is 1.26 bits per heavy atom. The Morgan fingerprint density at radius 3 is 2.74 bits per heavy atom. The van der Waals surface area contributed by atoms with Gasteiger partial charge in [-0.25, -0.2) is 0 Å². The molecule has 5 nitrogen and oxygen atoms in total. The molecule has 0 aromatic heterocycles. The molecule has 0 spiro atoms. The van der Waals surface area contributed by atoms with Crippen LogP contribution in [0.3, 0.4) is 0 Å². The van der Waals surface area contributed by atoms with Crippen LogP contribution >= 0.6 is 12.2 Å². The number of anilines is 1. The molecule has 1 N–H and O–H groups in total. The van der Waals surface area contributed by atoms with E-state index in [2.05, 4.69) is 21.2 Å². The van der Waals surface area contributed by atoms with E-state index in [-0.39, 0.29) is 11.8 Å². The van der Waals surface area contributed by atoms with Crippen molar-refractivity contribution in [2.75, 3.05) is 51.3 Å². The molecular weight excluding hydrogens is 358 g/mol. The molecule has 1 unspecified atom stereocenters. The second-order valence-corrected chi connectivity index (χ2v) is 7.31. The lowest BCUT2D eigenvalue weighted by atomic mass is 9.95. The van der Waals surface area contributed by atoms with E-state index < -0.39 is 0 Å². The van der Waals surface area contributed by atoms with Crippen LogP contribution in [0.25, 0.3) is 0 Å². The molecule has 0 radical (unpaired) electrons. The number of piperazine rings is 1. The predicted octanol–water partition coefficient (Wildman–Crippen LogP) is 2.44. The lowest BCUT2D eigenvalue weighted by Gasteiger charge is -2.36. The van der Waals surface area contributed by atoms with Crippen LogP contribution in [0, 0.1) is 5.92 Å². The standard InChI is InChI=1S/C21H27N3O2S/c1-16-6-5-7-17(20(16)27)21(25)22-10-11-23-12-14-24(15-13-23)18-8-3-4-9-19(18)26-2/h3-9,16H,10-15H2,1-2H3,(H,22,25). The molecule has 1 heterocycles. The van der Waals surface area contributed by atoms with Crippen molar-refractivity contribution in [3.63, 3.8) is 0 Å². The number of benzene rings is 1. The molecule has 1 aliphatic carbocycles. The maximum atomic E-state index is 12.4. The van der Waals surface area contributed by atoms with E-state index in [4.69, 9.17) is 17.0 Å². The molecule has 1 atom stereocenters. The molecule has 1 fully saturated rings. The van der Waals surface area contributed by atoms with Crippen molar-refractivity contribution in [3.8, 4) is 5.75 Å². The molecule has 2 aliphatic rings. The minimum atomic E-state index is -0.0659. The van der Waals surface area contributed by atoms with E-state index in [1.165, 1.54) is 0 Å². The lowest BCUT2D eigenvalue weighted by molar-refractivity contribution is -0.117. The normalized spacial score (nSPS) is 20.4. The number of carbonyl (C=O) groups excluding carboxylic acids is 1. The lowest BCUT2D eigenvalue weighted by Crippen LogP contribution is -2.48. The minimum Gasteiger partial charge on any atom is -0.495 e. The third-order valence-electron chi connectivity index (χ3n) is 5.10. The van der Waals surface area contributed by atoms with Crippen molar-refractivity contribution < 1.29 is 9.53 Å². The second kappa shape index (κ2) is 9.15. The number of nitrogens with zero attached hydrogens (tertiary/aromatic N) is 2. The zero-order chi connectivity index (χ0) is 19.2. The fraction of sp³-hybridized carbons (Fsp3) is 0.429. The third kappa shape index (κ3) is 4.76. The number of methoxy groups -OCH3 is 1. The van der Waals surface area contributed by atoms with Gasteiger partial charge in [0.15, 0.2) is 0 Å². The Hall–Kier alpha value is -2.18. The van der Waals surface area contributed by atoms with E-state index in [9.17, 15) is 4.79 Å². The molecule has 6 heteroatoms. The summed E-state index contributed by atoms with van der Waals surface area (Å²) in [6.45, 7) is 7.32. The number of thiocarbonyl (C=S) groups is 1. The highest BCUT2D eigenvalue weighted by Crippen LogP contribution is 2.28. The molecule has 1 aliphatic heterocycles. The number of para-hydroxylation sites is 2.